The Kier molecular flexibility index (Phi) is 6.78. The van der Waals surface area contributed by atoms with Crippen LogP contribution in [-0.2, 0) is 21.7 Å². The Bertz CT molecular complexity index is 1320. The number of benzene rings is 3. The number of hydrogen-bond donors (Lipinski definition) is 3. The maximum absolute atomic E-state index is 14.0. The summed E-state index contributed by atoms with van der Waals surface area (Å²) < 4.78 is 0. The van der Waals surface area contributed by atoms with E-state index < -0.39 is 5.54 Å². The topological polar surface area (TPSA) is 106 Å². The van der Waals surface area contributed by atoms with Crippen LogP contribution in [-0.4, -0.2) is 59.5 Å². The highest BCUT2D eigenvalue weighted by Gasteiger charge is 2.52. The first kappa shape index (κ1) is 24.7. The fraction of sp³-hybridized carbons (Fsp3) is 0.214. The van der Waals surface area contributed by atoms with E-state index >= 15 is 0 Å². The summed E-state index contributed by atoms with van der Waals surface area (Å²) in [6.45, 7) is 1.41. The number of hydrogen-bond acceptors (Lipinski definition) is 5. The van der Waals surface area contributed by atoms with Crippen LogP contribution in [0.15, 0.2) is 78.9 Å². The molecule has 0 aromatic heterocycles. The lowest BCUT2D eigenvalue weighted by Gasteiger charge is -2.28. The zero-order valence-electron chi connectivity index (χ0n) is 20.0. The number of piperazine rings is 1. The van der Waals surface area contributed by atoms with Crippen molar-refractivity contribution in [3.8, 4) is 0 Å². The van der Waals surface area contributed by atoms with Crippen LogP contribution in [0.3, 0.4) is 0 Å². The predicted molar refractivity (Wildman–Crippen MR) is 140 cm³/mol. The Morgan fingerprint density at radius 2 is 1.62 bits per heavy atom. The van der Waals surface area contributed by atoms with Crippen LogP contribution in [0, 0.1) is 5.41 Å². The van der Waals surface area contributed by atoms with Gasteiger partial charge in [0.1, 0.15) is 0 Å². The van der Waals surface area contributed by atoms with E-state index in [0.29, 0.717) is 29.2 Å². The van der Waals surface area contributed by atoms with Crippen molar-refractivity contribution in [2.75, 3.05) is 26.2 Å². The van der Waals surface area contributed by atoms with E-state index in [2.05, 4.69) is 10.6 Å². The molecule has 2 fully saturated rings. The smallest absolute Gasteiger partial charge is 0.264 e. The summed E-state index contributed by atoms with van der Waals surface area (Å²) >= 11 is 6.36. The molecule has 3 N–H and O–H groups in total. The lowest BCUT2D eigenvalue weighted by atomic mass is 9.82. The van der Waals surface area contributed by atoms with Crippen LogP contribution in [0.2, 0.25) is 5.02 Å². The van der Waals surface area contributed by atoms with Crippen LogP contribution in [0.4, 0.5) is 0 Å². The molecule has 2 amide bonds. The van der Waals surface area contributed by atoms with Gasteiger partial charge in [0.2, 0.25) is 5.91 Å². The first-order valence-electron chi connectivity index (χ1n) is 12.0. The van der Waals surface area contributed by atoms with E-state index in [-0.39, 0.29) is 43.2 Å². The number of nitrogens with one attached hydrogen (secondary N) is 3. The van der Waals surface area contributed by atoms with Crippen molar-refractivity contribution < 1.29 is 14.4 Å². The van der Waals surface area contributed by atoms with E-state index in [0.717, 1.165) is 11.1 Å². The molecule has 0 bridgehead atoms. The summed E-state index contributed by atoms with van der Waals surface area (Å²) in [5.41, 5.74) is 1.22. The molecule has 0 aliphatic carbocycles. The van der Waals surface area contributed by atoms with Crippen LogP contribution in [0.5, 0.6) is 0 Å². The molecule has 0 spiro atoms. The Morgan fingerprint density at radius 3 is 2.24 bits per heavy atom. The molecule has 0 saturated carbocycles. The van der Waals surface area contributed by atoms with Gasteiger partial charge in [-0.25, -0.2) is 0 Å². The minimum atomic E-state index is -1.24. The van der Waals surface area contributed by atoms with Gasteiger partial charge in [-0.1, -0.05) is 78.3 Å². The fourth-order valence-corrected chi connectivity index (χ4v) is 5.09. The normalized spacial score (nSPS) is 17.4. The van der Waals surface area contributed by atoms with Gasteiger partial charge in [-0.3, -0.25) is 29.6 Å². The molecule has 5 rings (SSSR count). The third-order valence-corrected chi connectivity index (χ3v) is 7.04. The van der Waals surface area contributed by atoms with Crippen LogP contribution in [0.1, 0.15) is 27.0 Å². The first-order valence-corrected chi connectivity index (χ1v) is 12.4. The molecular formula is C28H26ClN5O3. The van der Waals surface area contributed by atoms with Gasteiger partial charge >= 0.3 is 0 Å². The van der Waals surface area contributed by atoms with Gasteiger partial charge < -0.3 is 10.6 Å². The van der Waals surface area contributed by atoms with Crippen molar-refractivity contribution in [2.45, 2.75) is 12.1 Å². The van der Waals surface area contributed by atoms with Crippen molar-refractivity contribution in [2.24, 2.45) is 0 Å². The maximum Gasteiger partial charge on any atom is 0.264 e. The SMILES string of the molecule is N=C1NC(c2ccccc2)(c2ccccc2)C(=O)N1Cc1ccc(Cl)c(C(=O)CN2CCNC(=O)C2)c1. The maximum atomic E-state index is 14.0. The number of rotatable bonds is 7. The third kappa shape index (κ3) is 4.73. The molecule has 0 atom stereocenters. The Balaban J connectivity index is 1.42. The third-order valence-electron chi connectivity index (χ3n) is 6.71. The van der Waals surface area contributed by atoms with Crippen molar-refractivity contribution >= 4 is 35.2 Å². The van der Waals surface area contributed by atoms with Crippen molar-refractivity contribution in [1.29, 1.82) is 5.41 Å². The van der Waals surface area contributed by atoms with Gasteiger partial charge in [0, 0.05) is 18.7 Å². The number of nitrogens with zero attached hydrogens (tertiary/aromatic N) is 2. The Morgan fingerprint density at radius 1 is 0.973 bits per heavy atom. The molecule has 3 aromatic carbocycles. The fourth-order valence-electron chi connectivity index (χ4n) is 4.87. The lowest BCUT2D eigenvalue weighted by molar-refractivity contribution is -0.130. The number of carbonyl (C=O) groups excluding carboxylic acids is 3. The molecule has 2 saturated heterocycles. The molecule has 8 nitrogen and oxygen atoms in total. The molecule has 9 heteroatoms. The van der Waals surface area contributed by atoms with Crippen LogP contribution >= 0.6 is 11.6 Å². The van der Waals surface area contributed by atoms with Crippen LogP contribution in [0.25, 0.3) is 0 Å². The summed E-state index contributed by atoms with van der Waals surface area (Å²) in [6.07, 6.45) is 0. The van der Waals surface area contributed by atoms with Crippen molar-refractivity contribution in [1.82, 2.24) is 20.4 Å². The lowest BCUT2D eigenvalue weighted by Crippen LogP contribution is -2.49. The Hall–Kier alpha value is -4.01. The second-order valence-corrected chi connectivity index (χ2v) is 9.55. The number of Topliss-reactive ketones (excluding diaryl/α,β-unsaturated/α-hetero) is 1. The summed E-state index contributed by atoms with van der Waals surface area (Å²) in [7, 11) is 0. The number of amides is 2. The van der Waals surface area contributed by atoms with E-state index in [1.165, 1.54) is 4.90 Å². The molecule has 37 heavy (non-hydrogen) atoms. The zero-order valence-corrected chi connectivity index (χ0v) is 20.8. The molecule has 0 radical (unpaired) electrons. The van der Waals surface area contributed by atoms with E-state index in [4.69, 9.17) is 17.0 Å². The van der Waals surface area contributed by atoms with Gasteiger partial charge in [0.25, 0.3) is 5.91 Å². The molecule has 188 valence electrons. The van der Waals surface area contributed by atoms with Crippen molar-refractivity contribution in [3.05, 3.63) is 106 Å². The highest BCUT2D eigenvalue weighted by Crippen LogP contribution is 2.36. The number of carbonyl (C=O) groups is 3. The second kappa shape index (κ2) is 10.2. The standard InChI is InChI=1S/C28H26ClN5O3/c29-23-12-11-19(15-22(23)24(35)17-33-14-13-31-25(36)18-33)16-34-26(37)28(32-27(34)30,20-7-3-1-4-8-20)21-9-5-2-6-10-21/h1-12,15H,13-14,16-18H2,(H2,30,32)(H,31,36). The average molecular weight is 516 g/mol. The minimum absolute atomic E-state index is 0.0279. The molecule has 2 aliphatic rings. The predicted octanol–water partition coefficient (Wildman–Crippen LogP) is 2.76. The summed E-state index contributed by atoms with van der Waals surface area (Å²) in [5, 5.41) is 14.9. The molecule has 2 aliphatic heterocycles. The van der Waals surface area contributed by atoms with Gasteiger partial charge in [-0.05, 0) is 28.8 Å². The summed E-state index contributed by atoms with van der Waals surface area (Å²) in [4.78, 5) is 41.9. The van der Waals surface area contributed by atoms with Gasteiger partial charge in [0.15, 0.2) is 17.3 Å². The largest absolute Gasteiger partial charge is 0.354 e. The monoisotopic (exact) mass is 515 g/mol. The van der Waals surface area contributed by atoms with Gasteiger partial charge in [-0.2, -0.15) is 0 Å². The molecule has 2 heterocycles. The highest BCUT2D eigenvalue weighted by atomic mass is 35.5. The Labute approximate surface area is 219 Å². The van der Waals surface area contributed by atoms with E-state index in [9.17, 15) is 14.4 Å². The first-order chi connectivity index (χ1) is 17.9. The highest BCUT2D eigenvalue weighted by molar-refractivity contribution is 6.34. The number of halogens is 1. The molecule has 3 aromatic rings. The summed E-state index contributed by atoms with van der Waals surface area (Å²) in [5.74, 6) is -0.625. The quantitative estimate of drug-likeness (QED) is 0.420. The van der Waals surface area contributed by atoms with Gasteiger partial charge in [0.05, 0.1) is 24.7 Å². The number of guanidine groups is 1. The average Bonchev–Trinajstić information content (AvgIpc) is 3.16. The van der Waals surface area contributed by atoms with Crippen LogP contribution < -0.4 is 10.6 Å². The number of ketones is 1. The summed E-state index contributed by atoms with van der Waals surface area (Å²) in [6, 6.07) is 23.8. The van der Waals surface area contributed by atoms with Crippen molar-refractivity contribution in [3.63, 3.8) is 0 Å². The second-order valence-electron chi connectivity index (χ2n) is 9.14. The van der Waals surface area contributed by atoms with E-state index in [1.807, 2.05) is 60.7 Å². The zero-order chi connectivity index (χ0) is 26.0. The molecule has 0 unspecified atom stereocenters. The van der Waals surface area contributed by atoms with Gasteiger partial charge in [-0.15, -0.1) is 0 Å². The minimum Gasteiger partial charge on any atom is -0.354 e. The molecular weight excluding hydrogens is 490 g/mol. The van der Waals surface area contributed by atoms with E-state index in [1.54, 1.807) is 23.1 Å².